The number of hydrogen-bond acceptors (Lipinski definition) is 4. The van der Waals surface area contributed by atoms with Crippen LogP contribution in [0.3, 0.4) is 0 Å². The number of ketones is 1. The van der Waals surface area contributed by atoms with Crippen LogP contribution in [0.5, 0.6) is 11.5 Å². The van der Waals surface area contributed by atoms with E-state index < -0.39 is 0 Å². The largest absolute Gasteiger partial charge is 0.454 e. The second-order valence-corrected chi connectivity index (χ2v) is 3.94. The van der Waals surface area contributed by atoms with Gasteiger partial charge in [-0.3, -0.25) is 4.79 Å². The Kier molecular flexibility index (Phi) is 3.03. The van der Waals surface area contributed by atoms with E-state index in [1.165, 1.54) is 0 Å². The highest BCUT2D eigenvalue weighted by Gasteiger charge is 2.23. The molecule has 0 aliphatic carbocycles. The van der Waals surface area contributed by atoms with Crippen molar-refractivity contribution in [2.45, 2.75) is 13.3 Å². The Hall–Kier alpha value is -1.26. The van der Waals surface area contributed by atoms with Crippen LogP contribution in [0, 0.1) is 6.92 Å². The molecule has 1 heterocycles. The molecular weight excluding hydrogens is 230 g/mol. The maximum absolute atomic E-state index is 11.8. The van der Waals surface area contributed by atoms with Crippen molar-refractivity contribution in [3.05, 3.63) is 22.2 Å². The molecule has 2 rings (SSSR count). The lowest BCUT2D eigenvalue weighted by molar-refractivity contribution is 0.0985. The van der Waals surface area contributed by atoms with Crippen molar-refractivity contribution in [1.29, 1.82) is 0 Å². The zero-order valence-electron chi connectivity index (χ0n) is 8.88. The van der Waals surface area contributed by atoms with Crippen molar-refractivity contribution in [2.75, 3.05) is 13.3 Å². The smallest absolute Gasteiger partial charge is 0.231 e. The highest BCUT2D eigenvalue weighted by Crippen LogP contribution is 2.41. The Labute approximate surface area is 98.3 Å². The SMILES string of the molecule is Cc1c(Cl)c(C(=O)CCN)cc2c1OCO2. The van der Waals surface area contributed by atoms with E-state index >= 15 is 0 Å². The molecule has 0 unspecified atom stereocenters. The molecule has 2 N–H and O–H groups in total. The molecule has 1 aliphatic heterocycles. The third kappa shape index (κ3) is 1.74. The highest BCUT2D eigenvalue weighted by molar-refractivity contribution is 6.35. The first kappa shape index (κ1) is 11.2. The molecule has 1 aliphatic rings. The summed E-state index contributed by atoms with van der Waals surface area (Å²) in [6.45, 7) is 2.28. The standard InChI is InChI=1S/C11H12ClNO3/c1-6-10(12)7(8(14)2-3-13)4-9-11(6)16-5-15-9/h4H,2-3,5,13H2,1H3. The number of carbonyl (C=O) groups is 1. The average Bonchev–Trinajstić information content (AvgIpc) is 2.71. The molecule has 0 fully saturated rings. The summed E-state index contributed by atoms with van der Waals surface area (Å²) in [7, 11) is 0. The zero-order valence-corrected chi connectivity index (χ0v) is 9.63. The third-order valence-electron chi connectivity index (χ3n) is 2.50. The van der Waals surface area contributed by atoms with Gasteiger partial charge in [0.05, 0.1) is 5.02 Å². The fourth-order valence-electron chi connectivity index (χ4n) is 1.65. The van der Waals surface area contributed by atoms with Crippen molar-refractivity contribution in [3.63, 3.8) is 0 Å². The van der Waals surface area contributed by atoms with Crippen molar-refractivity contribution in [3.8, 4) is 11.5 Å². The van der Waals surface area contributed by atoms with E-state index in [1.807, 2.05) is 0 Å². The van der Waals surface area contributed by atoms with Crippen LogP contribution >= 0.6 is 11.6 Å². The van der Waals surface area contributed by atoms with E-state index in [-0.39, 0.29) is 19.0 Å². The molecule has 16 heavy (non-hydrogen) atoms. The fourth-order valence-corrected chi connectivity index (χ4v) is 1.90. The lowest BCUT2D eigenvalue weighted by atomic mass is 10.0. The monoisotopic (exact) mass is 241 g/mol. The molecule has 0 bridgehead atoms. The number of Topliss-reactive ketones (excluding diaryl/α,β-unsaturated/α-hetero) is 1. The molecule has 0 atom stereocenters. The quantitative estimate of drug-likeness (QED) is 0.822. The first-order valence-corrected chi connectivity index (χ1v) is 5.35. The fraction of sp³-hybridized carbons (Fsp3) is 0.364. The lowest BCUT2D eigenvalue weighted by Crippen LogP contribution is -2.09. The number of rotatable bonds is 3. The van der Waals surface area contributed by atoms with Crippen molar-refractivity contribution >= 4 is 17.4 Å². The van der Waals surface area contributed by atoms with Gasteiger partial charge in [0, 0.05) is 17.5 Å². The Morgan fingerprint density at radius 3 is 3.00 bits per heavy atom. The van der Waals surface area contributed by atoms with Crippen LogP contribution in [0.2, 0.25) is 5.02 Å². The Bertz CT molecular complexity index is 445. The Morgan fingerprint density at radius 1 is 1.56 bits per heavy atom. The van der Waals surface area contributed by atoms with Gasteiger partial charge in [-0.1, -0.05) is 11.6 Å². The highest BCUT2D eigenvalue weighted by atomic mass is 35.5. The molecule has 0 aromatic heterocycles. The van der Waals surface area contributed by atoms with Gasteiger partial charge in [0.1, 0.15) is 0 Å². The van der Waals surface area contributed by atoms with Crippen LogP contribution in [-0.2, 0) is 0 Å². The van der Waals surface area contributed by atoms with Crippen LogP contribution in [-0.4, -0.2) is 19.1 Å². The average molecular weight is 242 g/mol. The molecule has 0 amide bonds. The van der Waals surface area contributed by atoms with Gasteiger partial charge in [-0.25, -0.2) is 0 Å². The summed E-state index contributed by atoms with van der Waals surface area (Å²) in [6, 6.07) is 1.62. The van der Waals surface area contributed by atoms with E-state index in [1.54, 1.807) is 13.0 Å². The summed E-state index contributed by atoms with van der Waals surface area (Å²) in [4.78, 5) is 11.8. The summed E-state index contributed by atoms with van der Waals surface area (Å²) >= 11 is 6.11. The first-order chi connectivity index (χ1) is 7.65. The topological polar surface area (TPSA) is 61.6 Å². The van der Waals surface area contributed by atoms with E-state index in [0.717, 1.165) is 5.56 Å². The predicted molar refractivity (Wildman–Crippen MR) is 60.3 cm³/mol. The molecule has 1 aromatic rings. The normalized spacial score (nSPS) is 12.9. The van der Waals surface area contributed by atoms with Crippen LogP contribution in [0.1, 0.15) is 22.3 Å². The van der Waals surface area contributed by atoms with Gasteiger partial charge in [-0.2, -0.15) is 0 Å². The number of benzene rings is 1. The Balaban J connectivity index is 2.47. The molecule has 4 nitrogen and oxygen atoms in total. The number of nitrogens with two attached hydrogens (primary N) is 1. The minimum atomic E-state index is -0.0751. The van der Waals surface area contributed by atoms with E-state index in [4.69, 9.17) is 26.8 Å². The van der Waals surface area contributed by atoms with Gasteiger partial charge >= 0.3 is 0 Å². The zero-order chi connectivity index (χ0) is 11.7. The Morgan fingerprint density at radius 2 is 2.31 bits per heavy atom. The van der Waals surface area contributed by atoms with Crippen molar-refractivity contribution in [1.82, 2.24) is 0 Å². The summed E-state index contributed by atoms with van der Waals surface area (Å²) in [5.74, 6) is 1.12. The predicted octanol–water partition coefficient (Wildman–Crippen LogP) is 1.91. The van der Waals surface area contributed by atoms with E-state index in [9.17, 15) is 4.79 Å². The summed E-state index contributed by atoms with van der Waals surface area (Å²) < 4.78 is 10.5. The summed E-state index contributed by atoms with van der Waals surface area (Å²) in [5.41, 5.74) is 6.53. The maximum atomic E-state index is 11.8. The number of carbonyl (C=O) groups excluding carboxylic acids is 1. The van der Waals surface area contributed by atoms with Crippen molar-refractivity contribution in [2.24, 2.45) is 5.73 Å². The molecular formula is C11H12ClNO3. The molecule has 1 aromatic carbocycles. The summed E-state index contributed by atoms with van der Waals surface area (Å²) in [6.07, 6.45) is 0.277. The third-order valence-corrected chi connectivity index (χ3v) is 2.98. The van der Waals surface area contributed by atoms with Gasteiger partial charge in [-0.05, 0) is 19.5 Å². The second kappa shape index (κ2) is 4.31. The molecule has 0 radical (unpaired) electrons. The van der Waals surface area contributed by atoms with Crippen LogP contribution < -0.4 is 15.2 Å². The van der Waals surface area contributed by atoms with E-state index in [0.29, 0.717) is 28.6 Å². The molecule has 86 valence electrons. The van der Waals surface area contributed by atoms with E-state index in [2.05, 4.69) is 0 Å². The van der Waals surface area contributed by atoms with Gasteiger partial charge in [0.2, 0.25) is 6.79 Å². The molecule has 0 saturated carbocycles. The van der Waals surface area contributed by atoms with Gasteiger partial charge in [-0.15, -0.1) is 0 Å². The molecule has 5 heteroatoms. The van der Waals surface area contributed by atoms with Gasteiger partial charge in [0.25, 0.3) is 0 Å². The van der Waals surface area contributed by atoms with Crippen LogP contribution in [0.15, 0.2) is 6.07 Å². The summed E-state index contributed by atoms with van der Waals surface area (Å²) in [5, 5.41) is 0.419. The second-order valence-electron chi connectivity index (χ2n) is 3.56. The van der Waals surface area contributed by atoms with Gasteiger partial charge < -0.3 is 15.2 Å². The number of hydrogen-bond donors (Lipinski definition) is 1. The first-order valence-electron chi connectivity index (χ1n) is 4.97. The minimum Gasteiger partial charge on any atom is -0.454 e. The van der Waals surface area contributed by atoms with Crippen molar-refractivity contribution < 1.29 is 14.3 Å². The number of halogens is 1. The van der Waals surface area contributed by atoms with Crippen LogP contribution in [0.4, 0.5) is 0 Å². The maximum Gasteiger partial charge on any atom is 0.231 e. The lowest BCUT2D eigenvalue weighted by Gasteiger charge is -2.08. The number of fused-ring (bicyclic) bond motifs is 1. The number of ether oxygens (including phenoxy) is 2. The van der Waals surface area contributed by atoms with Crippen LogP contribution in [0.25, 0.3) is 0 Å². The minimum absolute atomic E-state index is 0.0751. The molecule has 0 saturated heterocycles. The van der Waals surface area contributed by atoms with Gasteiger partial charge in [0.15, 0.2) is 17.3 Å². The molecule has 0 spiro atoms.